The van der Waals surface area contributed by atoms with Crippen LogP contribution in [0.4, 0.5) is 17.6 Å². The van der Waals surface area contributed by atoms with E-state index < -0.39 is 30.2 Å². The lowest BCUT2D eigenvalue weighted by Crippen LogP contribution is -2.45. The molecule has 16 heteroatoms. The Morgan fingerprint density at radius 2 is 1.96 bits per heavy atom. The highest BCUT2D eigenvalue weighted by Gasteiger charge is 2.32. The van der Waals surface area contributed by atoms with E-state index in [2.05, 4.69) is 20.2 Å². The third-order valence-corrected chi connectivity index (χ3v) is 10.4. The second kappa shape index (κ2) is 15.6. The van der Waals surface area contributed by atoms with Crippen molar-refractivity contribution < 1.29 is 37.3 Å². The molecule has 2 aromatic heterocycles. The van der Waals surface area contributed by atoms with Crippen LogP contribution in [-0.4, -0.2) is 94.0 Å². The van der Waals surface area contributed by atoms with Gasteiger partial charge >= 0.3 is 11.0 Å². The smallest absolute Gasteiger partial charge is 0.395 e. The van der Waals surface area contributed by atoms with E-state index in [9.17, 15) is 33.0 Å². The molecular weight excluding hydrogens is 687 g/mol. The number of thiazole rings is 2. The number of nitrogens with one attached hydrogen (secondary N) is 2. The zero-order valence-electron chi connectivity index (χ0n) is 27.1. The predicted molar refractivity (Wildman–Crippen MR) is 180 cm³/mol. The van der Waals surface area contributed by atoms with Crippen LogP contribution in [0, 0.1) is 5.82 Å². The average Bonchev–Trinajstić information content (AvgIpc) is 3.67. The maximum atomic E-state index is 15.5. The molecule has 266 valence electrons. The molecule has 1 fully saturated rings. The number of amides is 1. The second-order valence-electron chi connectivity index (χ2n) is 12.5. The standard InChI is InChI=1S/C33H39F4N5O5S2/c1-32(47-15-14-41(2)30(45)23-19-48-26(39-23)16-33(35,36)37)9-12-42(13-10-32)18-21-5-3-4-20(27(21)34)8-11-38-17-25(44)22-6-7-24(43)28-29(22)49-31(46)40-28/h3-7,19,25,38,43-44H,8-18H2,1-2H3,(H,40,46)/t25-/m0/s1. The number of benzene rings is 2. The molecule has 1 atom stereocenters. The molecule has 4 N–H and O–H groups in total. The molecule has 1 aliphatic rings. The second-order valence-corrected chi connectivity index (χ2v) is 14.4. The van der Waals surface area contributed by atoms with Crippen molar-refractivity contribution in [3.8, 4) is 5.75 Å². The number of rotatable bonds is 14. The van der Waals surface area contributed by atoms with Crippen molar-refractivity contribution in [2.24, 2.45) is 0 Å². The topological polar surface area (TPSA) is 131 Å². The number of ether oxygens (including phenoxy) is 1. The molecule has 1 amide bonds. The van der Waals surface area contributed by atoms with Crippen molar-refractivity contribution in [3.63, 3.8) is 0 Å². The highest BCUT2D eigenvalue weighted by atomic mass is 32.1. The third-order valence-electron chi connectivity index (χ3n) is 8.67. The SMILES string of the molecule is CN(CCOC1(C)CCN(Cc2cccc(CCNC[C@H](O)c3ccc(O)c4[nH]c(=O)sc34)c2F)CC1)C(=O)c1csc(CC(F)(F)F)n1. The number of aromatic hydroxyl groups is 1. The monoisotopic (exact) mass is 725 g/mol. The number of aromatic nitrogens is 2. The number of piperidine rings is 1. The molecule has 49 heavy (non-hydrogen) atoms. The Morgan fingerprint density at radius 3 is 2.69 bits per heavy atom. The Hall–Kier alpha value is -3.41. The van der Waals surface area contributed by atoms with E-state index in [0.717, 1.165) is 22.7 Å². The summed E-state index contributed by atoms with van der Waals surface area (Å²) in [6.45, 7) is 4.95. The number of fused-ring (bicyclic) bond motifs is 1. The van der Waals surface area contributed by atoms with E-state index in [1.54, 1.807) is 25.2 Å². The summed E-state index contributed by atoms with van der Waals surface area (Å²) >= 11 is 1.73. The summed E-state index contributed by atoms with van der Waals surface area (Å²) in [5.74, 6) is -0.778. The lowest BCUT2D eigenvalue weighted by Gasteiger charge is -2.39. The third kappa shape index (κ3) is 9.64. The first-order valence-corrected chi connectivity index (χ1v) is 17.5. The summed E-state index contributed by atoms with van der Waals surface area (Å²) in [4.78, 5) is 34.0. The van der Waals surface area contributed by atoms with Gasteiger partial charge in [0.25, 0.3) is 5.91 Å². The van der Waals surface area contributed by atoms with Crippen LogP contribution in [0.15, 0.2) is 40.5 Å². The number of carbonyl (C=O) groups is 1. The minimum Gasteiger partial charge on any atom is -0.506 e. The van der Waals surface area contributed by atoms with Crippen LogP contribution in [-0.2, 0) is 24.1 Å². The molecule has 0 spiro atoms. The zero-order valence-corrected chi connectivity index (χ0v) is 28.7. The largest absolute Gasteiger partial charge is 0.506 e. The van der Waals surface area contributed by atoms with Crippen molar-refractivity contribution in [1.82, 2.24) is 25.1 Å². The number of halogens is 4. The van der Waals surface area contributed by atoms with Gasteiger partial charge in [-0.05, 0) is 44.4 Å². The van der Waals surface area contributed by atoms with Gasteiger partial charge in [-0.3, -0.25) is 14.5 Å². The number of likely N-dealkylation sites (N-methyl/N-ethyl adjacent to an activating group) is 1. The number of phenolic OH excluding ortho intramolecular Hbond substituents is 1. The fourth-order valence-electron chi connectivity index (χ4n) is 5.78. The minimum atomic E-state index is -4.38. The van der Waals surface area contributed by atoms with Crippen LogP contribution in [0.3, 0.4) is 0 Å². The van der Waals surface area contributed by atoms with Gasteiger partial charge in [-0.1, -0.05) is 35.6 Å². The van der Waals surface area contributed by atoms with E-state index in [1.165, 1.54) is 16.3 Å². The summed E-state index contributed by atoms with van der Waals surface area (Å²) in [7, 11) is 1.56. The van der Waals surface area contributed by atoms with Crippen LogP contribution < -0.4 is 10.2 Å². The van der Waals surface area contributed by atoms with Crippen LogP contribution >= 0.6 is 22.7 Å². The molecule has 2 aromatic carbocycles. The summed E-state index contributed by atoms with van der Waals surface area (Å²) in [6, 6.07) is 8.38. The van der Waals surface area contributed by atoms with Crippen LogP contribution in [0.2, 0.25) is 0 Å². The fraction of sp³-hybridized carbons (Fsp3) is 0.485. The molecule has 1 saturated heterocycles. The molecule has 0 aliphatic carbocycles. The Kier molecular flexibility index (Phi) is 11.8. The lowest BCUT2D eigenvalue weighted by molar-refractivity contribution is -0.127. The lowest BCUT2D eigenvalue weighted by atomic mass is 9.93. The van der Waals surface area contributed by atoms with Gasteiger partial charge in [0, 0.05) is 56.3 Å². The molecule has 4 aromatic rings. The van der Waals surface area contributed by atoms with E-state index in [-0.39, 0.29) is 46.8 Å². The van der Waals surface area contributed by atoms with E-state index in [1.807, 2.05) is 13.0 Å². The van der Waals surface area contributed by atoms with Gasteiger partial charge in [0.2, 0.25) is 0 Å². The van der Waals surface area contributed by atoms with Crippen molar-refractivity contribution >= 4 is 38.8 Å². The first kappa shape index (κ1) is 36.9. The van der Waals surface area contributed by atoms with Gasteiger partial charge in [-0.25, -0.2) is 9.37 Å². The van der Waals surface area contributed by atoms with Gasteiger partial charge in [0.1, 0.15) is 27.8 Å². The average molecular weight is 726 g/mol. The Labute approximate surface area is 288 Å². The van der Waals surface area contributed by atoms with Gasteiger partial charge in [0.15, 0.2) is 0 Å². The number of aliphatic hydroxyl groups excluding tert-OH is 1. The van der Waals surface area contributed by atoms with E-state index in [0.29, 0.717) is 72.3 Å². The van der Waals surface area contributed by atoms with Crippen molar-refractivity contribution in [2.45, 2.75) is 57.0 Å². The molecule has 3 heterocycles. The number of likely N-dealkylation sites (tertiary alicyclic amines) is 1. The molecular formula is C33H39F4N5O5S2. The molecule has 1 aliphatic heterocycles. The minimum absolute atomic E-state index is 0.0114. The number of carbonyl (C=O) groups excluding carboxylic acids is 1. The fourth-order valence-corrected chi connectivity index (χ4v) is 7.50. The molecule has 0 unspecified atom stereocenters. The van der Waals surface area contributed by atoms with Gasteiger partial charge in [0.05, 0.1) is 29.4 Å². The predicted octanol–water partition coefficient (Wildman–Crippen LogP) is 5.00. The van der Waals surface area contributed by atoms with E-state index >= 15 is 4.39 Å². The van der Waals surface area contributed by atoms with Crippen molar-refractivity contribution in [1.29, 1.82) is 0 Å². The first-order valence-electron chi connectivity index (χ1n) is 15.8. The number of alkyl halides is 3. The quantitative estimate of drug-likeness (QED) is 0.106. The van der Waals surface area contributed by atoms with Gasteiger partial charge in [-0.15, -0.1) is 11.3 Å². The van der Waals surface area contributed by atoms with Gasteiger partial charge < -0.3 is 30.2 Å². The number of nitrogens with zero attached hydrogens (tertiary/aromatic N) is 3. The normalized spacial score (nSPS) is 15.9. The maximum absolute atomic E-state index is 15.5. The van der Waals surface area contributed by atoms with Crippen molar-refractivity contribution in [2.75, 3.05) is 46.4 Å². The summed E-state index contributed by atoms with van der Waals surface area (Å²) in [5, 5.41) is 25.0. The zero-order chi connectivity index (χ0) is 35.3. The number of hydrogen-bond acceptors (Lipinski definition) is 10. The Morgan fingerprint density at radius 1 is 1.22 bits per heavy atom. The van der Waals surface area contributed by atoms with Crippen LogP contribution in [0.25, 0.3) is 10.2 Å². The number of hydrogen-bond donors (Lipinski definition) is 4. The summed E-state index contributed by atoms with van der Waals surface area (Å²) in [5.41, 5.74) is 1.54. The molecule has 5 rings (SSSR count). The highest BCUT2D eigenvalue weighted by Crippen LogP contribution is 2.31. The number of aliphatic hydroxyl groups is 1. The number of phenols is 1. The first-order chi connectivity index (χ1) is 23.2. The molecule has 0 bridgehead atoms. The van der Waals surface area contributed by atoms with Crippen molar-refractivity contribution in [3.05, 3.63) is 78.6 Å². The van der Waals surface area contributed by atoms with Crippen LogP contribution in [0.1, 0.15) is 58.1 Å². The van der Waals surface area contributed by atoms with Gasteiger partial charge in [-0.2, -0.15) is 13.2 Å². The number of H-pyrrole nitrogens is 1. The molecule has 0 saturated carbocycles. The maximum Gasteiger partial charge on any atom is 0.395 e. The molecule has 0 radical (unpaired) electrons. The van der Waals surface area contributed by atoms with E-state index in [4.69, 9.17) is 4.74 Å². The summed E-state index contributed by atoms with van der Waals surface area (Å²) in [6.07, 6.45) is -4.64. The Bertz CT molecular complexity index is 1800. The van der Waals surface area contributed by atoms with Crippen LogP contribution in [0.5, 0.6) is 5.75 Å². The number of aromatic amines is 1. The highest BCUT2D eigenvalue weighted by molar-refractivity contribution is 7.16. The molecule has 10 nitrogen and oxygen atoms in total. The Balaban J connectivity index is 1.04. The summed E-state index contributed by atoms with van der Waals surface area (Å²) < 4.78 is 60.0.